The molecule has 94 valence electrons. The van der Waals surface area contributed by atoms with E-state index >= 15 is 0 Å². The number of anilines is 1. The van der Waals surface area contributed by atoms with Gasteiger partial charge in [0.15, 0.2) is 0 Å². The number of aromatic nitrogens is 1. The third kappa shape index (κ3) is 4.25. The maximum atomic E-state index is 12.7. The molecule has 0 aliphatic heterocycles. The summed E-state index contributed by atoms with van der Waals surface area (Å²) in [6.07, 6.45) is -4.76. The average molecular weight is 252 g/mol. The van der Waals surface area contributed by atoms with Crippen LogP contribution in [0.4, 0.5) is 23.4 Å². The molecule has 0 aliphatic carbocycles. The smallest absolute Gasteiger partial charge is 0.390 e. The third-order valence-electron chi connectivity index (χ3n) is 1.79. The molecule has 0 aliphatic rings. The van der Waals surface area contributed by atoms with Crippen molar-refractivity contribution in [3.8, 4) is 0 Å². The van der Waals surface area contributed by atoms with E-state index in [0.29, 0.717) is 6.07 Å². The molecular weight excluding hydrogens is 244 g/mol. The summed E-state index contributed by atoms with van der Waals surface area (Å²) in [6, 6.07) is 0.686. The highest BCUT2D eigenvalue weighted by Gasteiger charge is 2.26. The second-order valence-corrected chi connectivity index (χ2v) is 3.15. The van der Waals surface area contributed by atoms with Gasteiger partial charge >= 0.3 is 12.1 Å². The van der Waals surface area contributed by atoms with Crippen LogP contribution in [0.3, 0.4) is 0 Å². The zero-order valence-electron chi connectivity index (χ0n) is 8.38. The van der Waals surface area contributed by atoms with Gasteiger partial charge in [0, 0.05) is 6.54 Å². The number of rotatable bonds is 4. The molecule has 0 saturated heterocycles. The first kappa shape index (κ1) is 13.2. The molecule has 1 aromatic rings. The molecule has 0 bridgehead atoms. The Labute approximate surface area is 93.3 Å². The first-order valence-electron chi connectivity index (χ1n) is 4.49. The number of hydrogen-bond donors (Lipinski definition) is 2. The van der Waals surface area contributed by atoms with E-state index in [0.717, 1.165) is 6.20 Å². The second kappa shape index (κ2) is 4.98. The summed E-state index contributed by atoms with van der Waals surface area (Å²) >= 11 is 0. The summed E-state index contributed by atoms with van der Waals surface area (Å²) in [5.74, 6) is -2.63. The topological polar surface area (TPSA) is 62.2 Å². The van der Waals surface area contributed by atoms with Crippen molar-refractivity contribution >= 4 is 11.8 Å². The number of carbonyl (C=O) groups is 1. The number of aromatic carboxylic acids is 1. The zero-order valence-corrected chi connectivity index (χ0v) is 8.38. The van der Waals surface area contributed by atoms with Crippen molar-refractivity contribution in [3.63, 3.8) is 0 Å². The van der Waals surface area contributed by atoms with Gasteiger partial charge in [0.25, 0.3) is 0 Å². The summed E-state index contributed by atoms with van der Waals surface area (Å²) in [6.45, 7) is -0.525. The molecule has 17 heavy (non-hydrogen) atoms. The Bertz CT molecular complexity index is 420. The van der Waals surface area contributed by atoms with Gasteiger partial charge in [-0.25, -0.2) is 14.2 Å². The van der Waals surface area contributed by atoms with E-state index in [9.17, 15) is 22.4 Å². The van der Waals surface area contributed by atoms with E-state index in [1.165, 1.54) is 0 Å². The van der Waals surface area contributed by atoms with Gasteiger partial charge in [-0.2, -0.15) is 13.2 Å². The predicted molar refractivity (Wildman–Crippen MR) is 50.3 cm³/mol. The lowest BCUT2D eigenvalue weighted by Gasteiger charge is -2.10. The fourth-order valence-corrected chi connectivity index (χ4v) is 1.07. The van der Waals surface area contributed by atoms with Gasteiger partial charge in [-0.3, -0.25) is 0 Å². The van der Waals surface area contributed by atoms with Crippen molar-refractivity contribution in [1.82, 2.24) is 4.98 Å². The highest BCUT2D eigenvalue weighted by Crippen LogP contribution is 2.20. The molecule has 0 spiro atoms. The first-order chi connectivity index (χ1) is 7.79. The van der Waals surface area contributed by atoms with Crippen LogP contribution in [0.15, 0.2) is 12.3 Å². The third-order valence-corrected chi connectivity index (χ3v) is 1.79. The molecule has 0 unspecified atom stereocenters. The minimum absolute atomic E-state index is 0.289. The Morgan fingerprint density at radius 2 is 2.12 bits per heavy atom. The molecule has 0 amide bonds. The molecule has 0 saturated carbocycles. The quantitative estimate of drug-likeness (QED) is 0.807. The van der Waals surface area contributed by atoms with Crippen molar-refractivity contribution in [1.29, 1.82) is 0 Å². The van der Waals surface area contributed by atoms with E-state index in [1.54, 1.807) is 0 Å². The van der Waals surface area contributed by atoms with Gasteiger partial charge in [-0.15, -0.1) is 0 Å². The maximum Gasteiger partial charge on any atom is 0.390 e. The van der Waals surface area contributed by atoms with Gasteiger partial charge in [0.1, 0.15) is 17.2 Å². The lowest BCUT2D eigenvalue weighted by atomic mass is 10.2. The van der Waals surface area contributed by atoms with Crippen LogP contribution in [0.5, 0.6) is 0 Å². The number of carboxylic acids is 1. The molecule has 8 heteroatoms. The van der Waals surface area contributed by atoms with Crippen LogP contribution in [0.1, 0.15) is 16.8 Å². The van der Waals surface area contributed by atoms with Gasteiger partial charge in [0.2, 0.25) is 0 Å². The second-order valence-electron chi connectivity index (χ2n) is 3.15. The number of halogens is 4. The van der Waals surface area contributed by atoms with Crippen molar-refractivity contribution in [2.45, 2.75) is 12.6 Å². The minimum atomic E-state index is -4.35. The van der Waals surface area contributed by atoms with E-state index in [1.807, 2.05) is 0 Å². The van der Waals surface area contributed by atoms with Crippen LogP contribution >= 0.6 is 0 Å². The largest absolute Gasteiger partial charge is 0.478 e. The molecule has 0 atom stereocenters. The molecule has 1 aromatic heterocycles. The SMILES string of the molecule is O=C(O)c1cc(F)cnc1NCCC(F)(F)F. The lowest BCUT2D eigenvalue weighted by Crippen LogP contribution is -2.17. The van der Waals surface area contributed by atoms with E-state index in [2.05, 4.69) is 10.3 Å². The van der Waals surface area contributed by atoms with E-state index < -0.39 is 36.5 Å². The van der Waals surface area contributed by atoms with Gasteiger partial charge in [-0.05, 0) is 6.07 Å². The number of hydrogen-bond acceptors (Lipinski definition) is 3. The predicted octanol–water partition coefficient (Wildman–Crippen LogP) is 2.28. The zero-order chi connectivity index (χ0) is 13.1. The number of nitrogens with one attached hydrogen (secondary N) is 1. The molecule has 0 aromatic carbocycles. The Morgan fingerprint density at radius 1 is 1.47 bits per heavy atom. The fourth-order valence-electron chi connectivity index (χ4n) is 1.07. The van der Waals surface area contributed by atoms with Crippen LogP contribution in [-0.4, -0.2) is 28.8 Å². The van der Waals surface area contributed by atoms with Crippen molar-refractivity contribution in [2.24, 2.45) is 0 Å². The molecule has 1 rings (SSSR count). The summed E-state index contributed by atoms with van der Waals surface area (Å²) in [5.41, 5.74) is -0.507. The number of pyridine rings is 1. The fraction of sp³-hybridized carbons (Fsp3) is 0.333. The van der Waals surface area contributed by atoms with Crippen LogP contribution in [-0.2, 0) is 0 Å². The molecule has 0 radical (unpaired) electrons. The van der Waals surface area contributed by atoms with Gasteiger partial charge < -0.3 is 10.4 Å². The van der Waals surface area contributed by atoms with Crippen LogP contribution < -0.4 is 5.32 Å². The number of nitrogens with zero attached hydrogens (tertiary/aromatic N) is 1. The highest BCUT2D eigenvalue weighted by atomic mass is 19.4. The molecular formula is C9H8F4N2O2. The van der Waals surface area contributed by atoms with Crippen LogP contribution in [0.2, 0.25) is 0 Å². The molecule has 0 fully saturated rings. The maximum absolute atomic E-state index is 12.7. The Balaban J connectivity index is 2.74. The Kier molecular flexibility index (Phi) is 3.87. The average Bonchev–Trinajstić information content (AvgIpc) is 2.18. The normalized spacial score (nSPS) is 11.3. The monoisotopic (exact) mass is 252 g/mol. The van der Waals surface area contributed by atoms with E-state index in [-0.39, 0.29) is 5.82 Å². The first-order valence-corrected chi connectivity index (χ1v) is 4.49. The Hall–Kier alpha value is -1.86. The van der Waals surface area contributed by atoms with E-state index in [4.69, 9.17) is 5.11 Å². The summed E-state index contributed by atoms with van der Waals surface area (Å²) in [4.78, 5) is 14.0. The van der Waals surface area contributed by atoms with Crippen molar-refractivity contribution in [3.05, 3.63) is 23.6 Å². The lowest BCUT2D eigenvalue weighted by molar-refractivity contribution is -0.131. The van der Waals surface area contributed by atoms with Gasteiger partial charge in [-0.1, -0.05) is 0 Å². The number of carboxylic acid groups (broad SMARTS) is 1. The van der Waals surface area contributed by atoms with Crippen molar-refractivity contribution < 1.29 is 27.5 Å². The van der Waals surface area contributed by atoms with Crippen LogP contribution in [0.25, 0.3) is 0 Å². The molecule has 4 nitrogen and oxygen atoms in total. The number of alkyl halides is 3. The minimum Gasteiger partial charge on any atom is -0.478 e. The summed E-state index contributed by atoms with van der Waals surface area (Å²) < 4.78 is 48.2. The molecule has 2 N–H and O–H groups in total. The van der Waals surface area contributed by atoms with Gasteiger partial charge in [0.05, 0.1) is 12.6 Å². The highest BCUT2D eigenvalue weighted by molar-refractivity contribution is 5.93. The summed E-state index contributed by atoms with van der Waals surface area (Å²) in [5, 5.41) is 10.9. The van der Waals surface area contributed by atoms with Crippen molar-refractivity contribution in [2.75, 3.05) is 11.9 Å². The summed E-state index contributed by atoms with van der Waals surface area (Å²) in [7, 11) is 0. The molecule has 1 heterocycles. The Morgan fingerprint density at radius 3 is 2.65 bits per heavy atom. The standard InChI is InChI=1S/C9H8F4N2O2/c10-5-3-6(8(16)17)7(15-4-5)14-2-1-9(11,12)13/h3-4H,1-2H2,(H,14,15)(H,16,17). The van der Waals surface area contributed by atoms with Crippen LogP contribution in [0, 0.1) is 5.82 Å².